The topological polar surface area (TPSA) is 84.3 Å². The zero-order chi connectivity index (χ0) is 26.8. The molecule has 1 saturated heterocycles. The first-order valence-electron chi connectivity index (χ1n) is 12.4. The van der Waals surface area contributed by atoms with E-state index in [-0.39, 0.29) is 24.6 Å². The van der Waals surface area contributed by atoms with E-state index in [4.69, 9.17) is 17.0 Å². The van der Waals surface area contributed by atoms with Crippen LogP contribution in [0.25, 0.3) is 5.82 Å². The van der Waals surface area contributed by atoms with E-state index in [1.54, 1.807) is 6.20 Å². The number of carbonyl (C=O) groups is 1. The zero-order valence-corrected chi connectivity index (χ0v) is 22.6. The number of aromatic nitrogens is 3. The van der Waals surface area contributed by atoms with Crippen molar-refractivity contribution in [3.8, 4) is 5.82 Å². The fourth-order valence-corrected chi connectivity index (χ4v) is 5.41. The first kappa shape index (κ1) is 25.6. The Hall–Kier alpha value is -4.08. The highest BCUT2D eigenvalue weighted by Gasteiger charge is 2.42. The van der Waals surface area contributed by atoms with E-state index < -0.39 is 0 Å². The lowest BCUT2D eigenvalue weighted by Crippen LogP contribution is -2.29. The fraction of sp³-hybridized carbons (Fsp3) is 0.241. The molecule has 38 heavy (non-hydrogen) atoms. The van der Waals surface area contributed by atoms with Crippen LogP contribution in [0.1, 0.15) is 40.3 Å². The molecule has 0 aliphatic carbocycles. The normalized spacial score (nSPS) is 16.9. The summed E-state index contributed by atoms with van der Waals surface area (Å²) < 4.78 is 7.10. The monoisotopic (exact) mass is 526 g/mol. The molecular weight excluding hydrogens is 496 g/mol. The third-order valence-corrected chi connectivity index (χ3v) is 7.04. The zero-order valence-electron chi connectivity index (χ0n) is 21.8. The Labute approximate surface area is 227 Å². The second kappa shape index (κ2) is 10.7. The number of hydrogen-bond donors (Lipinski definition) is 2. The minimum atomic E-state index is -0.205. The van der Waals surface area contributed by atoms with E-state index in [0.717, 1.165) is 39.7 Å². The van der Waals surface area contributed by atoms with Crippen LogP contribution in [0.3, 0.4) is 0 Å². The van der Waals surface area contributed by atoms with Crippen LogP contribution in [-0.4, -0.2) is 39.3 Å². The maximum Gasteiger partial charge on any atom is 0.250 e. The van der Waals surface area contributed by atoms with E-state index in [1.165, 1.54) is 7.11 Å². The van der Waals surface area contributed by atoms with Crippen molar-refractivity contribution in [1.82, 2.24) is 19.9 Å². The number of thiocarbonyl (C=S) groups is 1. The first-order chi connectivity index (χ1) is 18.4. The molecule has 0 radical (unpaired) electrons. The van der Waals surface area contributed by atoms with Crippen molar-refractivity contribution in [3.63, 3.8) is 0 Å². The van der Waals surface area contributed by atoms with Crippen LogP contribution in [0.15, 0.2) is 73.1 Å². The molecule has 0 bridgehead atoms. The molecule has 2 atom stereocenters. The van der Waals surface area contributed by atoms with Crippen LogP contribution in [0.5, 0.6) is 0 Å². The number of nitrogens with zero attached hydrogens (tertiary/aromatic N) is 4. The average Bonchev–Trinajstić information content (AvgIpc) is 3.40. The van der Waals surface area contributed by atoms with E-state index in [9.17, 15) is 4.79 Å². The van der Waals surface area contributed by atoms with E-state index in [0.29, 0.717) is 10.8 Å². The molecule has 4 aromatic rings. The van der Waals surface area contributed by atoms with Crippen molar-refractivity contribution in [2.45, 2.75) is 32.9 Å². The molecule has 1 aliphatic rings. The number of benzene rings is 1. The SMILES string of the molecule is COCC(=O)Nc1ccc(N2C(=S)N[C@@H](c3ccccn3)[C@@H]2c2cc(C)n(-c3cc(C)ccn3)c2C)cc1. The lowest BCUT2D eigenvalue weighted by Gasteiger charge is -2.28. The maximum atomic E-state index is 12.0. The standard InChI is InChI=1S/C29H30N6O2S/c1-18-12-14-31-25(15-18)34-19(2)16-23(20(34)3)28-27(24-7-5-6-13-30-24)33-29(38)35(28)22-10-8-21(9-11-22)32-26(36)17-37-4/h5-16,27-28H,17H2,1-4H3,(H,32,36)(H,33,38)/t27-,28-/m0/s1. The van der Waals surface area contributed by atoms with Crippen molar-refractivity contribution in [1.29, 1.82) is 0 Å². The van der Waals surface area contributed by atoms with Gasteiger partial charge < -0.3 is 24.8 Å². The number of carbonyl (C=O) groups excluding carboxylic acids is 1. The highest BCUT2D eigenvalue weighted by atomic mass is 32.1. The molecule has 8 nitrogen and oxygen atoms in total. The molecule has 4 heterocycles. The Balaban J connectivity index is 1.58. The quantitative estimate of drug-likeness (QED) is 0.330. The van der Waals surface area contributed by atoms with Crippen molar-refractivity contribution in [2.75, 3.05) is 23.9 Å². The van der Waals surface area contributed by atoms with Gasteiger partial charge in [-0.1, -0.05) is 6.07 Å². The van der Waals surface area contributed by atoms with Gasteiger partial charge in [0.2, 0.25) is 5.91 Å². The van der Waals surface area contributed by atoms with Gasteiger partial charge in [-0.2, -0.15) is 0 Å². The summed E-state index contributed by atoms with van der Waals surface area (Å²) in [5.74, 6) is 0.681. The van der Waals surface area contributed by atoms with Gasteiger partial charge in [-0.25, -0.2) is 4.98 Å². The molecule has 194 valence electrons. The van der Waals surface area contributed by atoms with Gasteiger partial charge in [-0.3, -0.25) is 9.78 Å². The van der Waals surface area contributed by atoms with Crippen LogP contribution < -0.4 is 15.5 Å². The van der Waals surface area contributed by atoms with Crippen molar-refractivity contribution in [3.05, 3.63) is 101 Å². The van der Waals surface area contributed by atoms with Crippen molar-refractivity contribution in [2.24, 2.45) is 0 Å². The summed E-state index contributed by atoms with van der Waals surface area (Å²) in [6.45, 7) is 6.29. The molecule has 5 rings (SSSR count). The van der Waals surface area contributed by atoms with Gasteiger partial charge in [0.1, 0.15) is 12.4 Å². The summed E-state index contributed by atoms with van der Waals surface area (Å²) in [5, 5.41) is 6.97. The number of hydrogen-bond acceptors (Lipinski definition) is 5. The van der Waals surface area contributed by atoms with Crippen LogP contribution in [0.4, 0.5) is 11.4 Å². The molecule has 1 aromatic carbocycles. The lowest BCUT2D eigenvalue weighted by molar-refractivity contribution is -0.119. The highest BCUT2D eigenvalue weighted by molar-refractivity contribution is 7.80. The molecule has 0 unspecified atom stereocenters. The maximum absolute atomic E-state index is 12.0. The van der Waals surface area contributed by atoms with Gasteiger partial charge in [0.15, 0.2) is 5.11 Å². The van der Waals surface area contributed by atoms with E-state index in [2.05, 4.69) is 63.0 Å². The Morgan fingerprint density at radius 3 is 2.53 bits per heavy atom. The molecule has 3 aromatic heterocycles. The highest BCUT2D eigenvalue weighted by Crippen LogP contribution is 2.43. The largest absolute Gasteiger partial charge is 0.375 e. The number of amides is 1. The van der Waals surface area contributed by atoms with E-state index in [1.807, 2.05) is 54.7 Å². The van der Waals surface area contributed by atoms with Gasteiger partial charge in [0.25, 0.3) is 0 Å². The molecule has 1 amide bonds. The Kier molecular flexibility index (Phi) is 7.22. The number of pyridine rings is 2. The number of rotatable bonds is 7. The van der Waals surface area contributed by atoms with Crippen LogP contribution in [-0.2, 0) is 9.53 Å². The summed E-state index contributed by atoms with van der Waals surface area (Å²) in [4.78, 5) is 23.4. The Morgan fingerprint density at radius 2 is 1.84 bits per heavy atom. The predicted octanol–water partition coefficient (Wildman–Crippen LogP) is 4.95. The summed E-state index contributed by atoms with van der Waals surface area (Å²) in [7, 11) is 1.49. The van der Waals surface area contributed by atoms with Crippen molar-refractivity contribution >= 4 is 34.6 Å². The number of anilines is 2. The first-order valence-corrected chi connectivity index (χ1v) is 12.8. The van der Waals surface area contributed by atoms with Gasteiger partial charge in [-0.15, -0.1) is 0 Å². The number of nitrogens with one attached hydrogen (secondary N) is 2. The van der Waals surface area contributed by atoms with Gasteiger partial charge >= 0.3 is 0 Å². The third kappa shape index (κ3) is 4.90. The molecular formula is C29H30N6O2S. The number of ether oxygens (including phenoxy) is 1. The second-order valence-corrected chi connectivity index (χ2v) is 9.76. The predicted molar refractivity (Wildman–Crippen MR) is 153 cm³/mol. The number of aryl methyl sites for hydroxylation is 2. The van der Waals surface area contributed by atoms with Crippen LogP contribution in [0, 0.1) is 20.8 Å². The summed E-state index contributed by atoms with van der Waals surface area (Å²) >= 11 is 5.89. The van der Waals surface area contributed by atoms with Crippen molar-refractivity contribution < 1.29 is 9.53 Å². The molecule has 1 fully saturated rings. The molecule has 0 saturated carbocycles. The summed E-state index contributed by atoms with van der Waals surface area (Å²) in [5.41, 5.74) is 6.97. The van der Waals surface area contributed by atoms with Gasteiger partial charge in [0, 0.05) is 42.3 Å². The summed E-state index contributed by atoms with van der Waals surface area (Å²) in [6, 6.07) is 19.6. The Bertz CT molecular complexity index is 1470. The average molecular weight is 527 g/mol. The molecule has 0 spiro atoms. The van der Waals surface area contributed by atoms with E-state index >= 15 is 0 Å². The fourth-order valence-electron chi connectivity index (χ4n) is 5.06. The smallest absolute Gasteiger partial charge is 0.250 e. The molecule has 1 aliphatic heterocycles. The molecule has 9 heteroatoms. The minimum absolute atomic E-state index is 0.00112. The third-order valence-electron chi connectivity index (χ3n) is 6.72. The number of methoxy groups -OCH3 is 1. The molecule has 2 N–H and O–H groups in total. The van der Waals surface area contributed by atoms with Gasteiger partial charge in [0.05, 0.1) is 17.8 Å². The van der Waals surface area contributed by atoms with Crippen LogP contribution in [0.2, 0.25) is 0 Å². The van der Waals surface area contributed by atoms with Gasteiger partial charge in [-0.05, 0) is 98.7 Å². The Morgan fingerprint density at radius 1 is 1.05 bits per heavy atom. The summed E-state index contributed by atoms with van der Waals surface area (Å²) in [6.07, 6.45) is 3.64. The minimum Gasteiger partial charge on any atom is -0.375 e. The lowest BCUT2D eigenvalue weighted by atomic mass is 9.96. The van der Waals surface area contributed by atoms with Crippen LogP contribution >= 0.6 is 12.2 Å². The second-order valence-electron chi connectivity index (χ2n) is 9.38.